The van der Waals surface area contributed by atoms with Crippen molar-refractivity contribution in [2.75, 3.05) is 39.3 Å². The monoisotopic (exact) mass is 459 g/mol. The number of likely N-dealkylation sites (tertiary alicyclic amines) is 1. The van der Waals surface area contributed by atoms with Gasteiger partial charge in [0.05, 0.1) is 5.56 Å². The van der Waals surface area contributed by atoms with Gasteiger partial charge in [0.25, 0.3) is 11.8 Å². The third kappa shape index (κ3) is 5.05. The number of piperazine rings is 1. The molecule has 8 heteroatoms. The third-order valence-corrected chi connectivity index (χ3v) is 6.66. The van der Waals surface area contributed by atoms with E-state index >= 15 is 0 Å². The topological polar surface area (TPSA) is 43.9 Å². The third-order valence-electron chi connectivity index (χ3n) is 6.66. The molecule has 0 radical (unpaired) electrons. The number of aryl methyl sites for hydroxylation is 2. The fourth-order valence-corrected chi connectivity index (χ4v) is 4.64. The first kappa shape index (κ1) is 23.3. The molecule has 0 spiro atoms. The molecular weight excluding hydrogens is 431 g/mol. The zero-order valence-electron chi connectivity index (χ0n) is 18.9. The maximum Gasteiger partial charge on any atom is 0.416 e. The van der Waals surface area contributed by atoms with Crippen LogP contribution < -0.4 is 0 Å². The van der Waals surface area contributed by atoms with E-state index in [-0.39, 0.29) is 29.0 Å². The predicted molar refractivity (Wildman–Crippen MR) is 119 cm³/mol. The summed E-state index contributed by atoms with van der Waals surface area (Å²) in [6.07, 6.45) is -3.71. The number of alkyl halides is 3. The number of hydrogen-bond donors (Lipinski definition) is 0. The summed E-state index contributed by atoms with van der Waals surface area (Å²) in [7, 11) is 0. The van der Waals surface area contributed by atoms with Gasteiger partial charge in [-0.15, -0.1) is 0 Å². The fraction of sp³-hybridized carbons (Fsp3) is 0.440. The second-order valence-electron chi connectivity index (χ2n) is 8.92. The first-order chi connectivity index (χ1) is 15.6. The number of carbonyl (C=O) groups is 2. The number of benzene rings is 2. The maximum absolute atomic E-state index is 13.2. The van der Waals surface area contributed by atoms with Gasteiger partial charge in [-0.05, 0) is 50.1 Å². The Morgan fingerprint density at radius 1 is 0.818 bits per heavy atom. The van der Waals surface area contributed by atoms with E-state index in [0.717, 1.165) is 18.1 Å². The van der Waals surface area contributed by atoms with Gasteiger partial charge in [0, 0.05) is 56.4 Å². The second kappa shape index (κ2) is 9.17. The van der Waals surface area contributed by atoms with Crippen LogP contribution in [0.5, 0.6) is 0 Å². The van der Waals surface area contributed by atoms with Crippen LogP contribution in [0.25, 0.3) is 0 Å². The molecule has 0 aromatic heterocycles. The highest BCUT2D eigenvalue weighted by Crippen LogP contribution is 2.33. The Bertz CT molecular complexity index is 1030. The molecule has 2 aliphatic rings. The highest BCUT2D eigenvalue weighted by molar-refractivity contribution is 5.95. The Kier molecular flexibility index (Phi) is 6.47. The molecule has 2 heterocycles. The fourth-order valence-electron chi connectivity index (χ4n) is 4.64. The van der Waals surface area contributed by atoms with Crippen LogP contribution in [0, 0.1) is 13.8 Å². The van der Waals surface area contributed by atoms with Gasteiger partial charge in [0.2, 0.25) is 0 Å². The van der Waals surface area contributed by atoms with Crippen LogP contribution in [0.3, 0.4) is 0 Å². The van der Waals surface area contributed by atoms with Crippen molar-refractivity contribution in [1.82, 2.24) is 14.7 Å². The van der Waals surface area contributed by atoms with Crippen LogP contribution in [-0.2, 0) is 6.18 Å². The van der Waals surface area contributed by atoms with E-state index in [1.165, 1.54) is 19.1 Å². The van der Waals surface area contributed by atoms with Crippen molar-refractivity contribution >= 4 is 11.8 Å². The van der Waals surface area contributed by atoms with E-state index in [4.69, 9.17) is 0 Å². The average molecular weight is 460 g/mol. The van der Waals surface area contributed by atoms with Gasteiger partial charge in [-0.3, -0.25) is 14.5 Å². The van der Waals surface area contributed by atoms with E-state index in [1.54, 1.807) is 4.90 Å². The van der Waals surface area contributed by atoms with Crippen molar-refractivity contribution < 1.29 is 22.8 Å². The smallest absolute Gasteiger partial charge is 0.337 e. The van der Waals surface area contributed by atoms with E-state index < -0.39 is 11.7 Å². The largest absolute Gasteiger partial charge is 0.416 e. The summed E-state index contributed by atoms with van der Waals surface area (Å²) in [6.45, 7) is 7.04. The van der Waals surface area contributed by atoms with Gasteiger partial charge in [-0.2, -0.15) is 13.2 Å². The van der Waals surface area contributed by atoms with E-state index in [9.17, 15) is 22.8 Å². The molecule has 0 saturated carbocycles. The van der Waals surface area contributed by atoms with Crippen LogP contribution in [0.1, 0.15) is 43.8 Å². The Hall–Kier alpha value is -2.87. The second-order valence-corrected chi connectivity index (χ2v) is 8.92. The molecule has 2 aromatic carbocycles. The first-order valence-electron chi connectivity index (χ1n) is 11.2. The standard InChI is InChI=1S/C25H28F3N3O2/c1-17-3-6-19(7-4-17)23(32)30-13-11-29(12-14-30)21-9-10-31(16-21)24(33)20-8-5-18(2)22(15-20)25(26,27)28/h3-8,15,21H,9-14,16H2,1-2H3. The minimum Gasteiger partial charge on any atom is -0.337 e. The summed E-state index contributed by atoms with van der Waals surface area (Å²) in [5.74, 6) is -0.339. The Balaban J connectivity index is 1.34. The number of hydrogen-bond acceptors (Lipinski definition) is 3. The van der Waals surface area contributed by atoms with E-state index in [2.05, 4.69) is 4.90 Å². The van der Waals surface area contributed by atoms with Crippen LogP contribution in [0.4, 0.5) is 13.2 Å². The summed E-state index contributed by atoms with van der Waals surface area (Å²) < 4.78 is 39.7. The minimum atomic E-state index is -4.48. The number of nitrogens with zero attached hydrogens (tertiary/aromatic N) is 3. The predicted octanol–water partition coefficient (Wildman–Crippen LogP) is 3.99. The highest BCUT2D eigenvalue weighted by Gasteiger charge is 2.36. The van der Waals surface area contributed by atoms with Gasteiger partial charge in [0.15, 0.2) is 0 Å². The summed E-state index contributed by atoms with van der Waals surface area (Å²) in [5, 5.41) is 0. The molecular formula is C25H28F3N3O2. The SMILES string of the molecule is Cc1ccc(C(=O)N2CCN(C3CCN(C(=O)c4ccc(C)c(C(F)(F)F)c4)C3)CC2)cc1. The Morgan fingerprint density at radius 3 is 2.06 bits per heavy atom. The van der Waals surface area contributed by atoms with Gasteiger partial charge in [0.1, 0.15) is 0 Å². The number of rotatable bonds is 3. The maximum atomic E-state index is 13.2. The quantitative estimate of drug-likeness (QED) is 0.697. The molecule has 0 bridgehead atoms. The van der Waals surface area contributed by atoms with Gasteiger partial charge in [-0.1, -0.05) is 23.8 Å². The molecule has 1 unspecified atom stereocenters. The zero-order valence-corrected chi connectivity index (χ0v) is 18.9. The lowest BCUT2D eigenvalue weighted by atomic mass is 10.0. The van der Waals surface area contributed by atoms with Gasteiger partial charge in [-0.25, -0.2) is 0 Å². The lowest BCUT2D eigenvalue weighted by molar-refractivity contribution is -0.138. The molecule has 176 valence electrons. The molecule has 0 aliphatic carbocycles. The number of halogens is 3. The molecule has 2 aliphatic heterocycles. The lowest BCUT2D eigenvalue weighted by Crippen LogP contribution is -2.52. The van der Waals surface area contributed by atoms with Crippen LogP contribution in [0.2, 0.25) is 0 Å². The summed E-state index contributed by atoms with van der Waals surface area (Å²) >= 11 is 0. The van der Waals surface area contributed by atoms with E-state index in [1.807, 2.05) is 36.1 Å². The van der Waals surface area contributed by atoms with Crippen molar-refractivity contribution in [2.45, 2.75) is 32.5 Å². The van der Waals surface area contributed by atoms with Crippen molar-refractivity contribution in [1.29, 1.82) is 0 Å². The number of amides is 2. The Morgan fingerprint density at radius 2 is 1.42 bits per heavy atom. The molecule has 4 rings (SSSR count). The molecule has 2 fully saturated rings. The van der Waals surface area contributed by atoms with Crippen LogP contribution in [0.15, 0.2) is 42.5 Å². The van der Waals surface area contributed by atoms with Crippen LogP contribution >= 0.6 is 0 Å². The highest BCUT2D eigenvalue weighted by atomic mass is 19.4. The number of carbonyl (C=O) groups excluding carboxylic acids is 2. The van der Waals surface area contributed by atoms with E-state index in [0.29, 0.717) is 44.8 Å². The minimum absolute atomic E-state index is 0.0257. The zero-order chi connectivity index (χ0) is 23.8. The molecule has 1 atom stereocenters. The Labute approximate surface area is 191 Å². The molecule has 5 nitrogen and oxygen atoms in total. The molecule has 2 saturated heterocycles. The molecule has 2 amide bonds. The summed E-state index contributed by atoms with van der Waals surface area (Å²) in [5.41, 5.74) is 1.21. The van der Waals surface area contributed by atoms with Crippen molar-refractivity contribution in [2.24, 2.45) is 0 Å². The summed E-state index contributed by atoms with van der Waals surface area (Å²) in [6, 6.07) is 11.5. The first-order valence-corrected chi connectivity index (χ1v) is 11.2. The van der Waals surface area contributed by atoms with Gasteiger partial charge >= 0.3 is 6.18 Å². The summed E-state index contributed by atoms with van der Waals surface area (Å²) in [4.78, 5) is 31.4. The molecule has 33 heavy (non-hydrogen) atoms. The van der Waals surface area contributed by atoms with Gasteiger partial charge < -0.3 is 9.80 Å². The lowest BCUT2D eigenvalue weighted by Gasteiger charge is -2.38. The van der Waals surface area contributed by atoms with Crippen molar-refractivity contribution in [3.63, 3.8) is 0 Å². The molecule has 0 N–H and O–H groups in total. The van der Waals surface area contributed by atoms with Crippen molar-refractivity contribution in [3.05, 3.63) is 70.3 Å². The van der Waals surface area contributed by atoms with Crippen LogP contribution in [-0.4, -0.2) is 71.8 Å². The average Bonchev–Trinajstić information content (AvgIpc) is 3.29. The normalized spacial score (nSPS) is 19.7. The van der Waals surface area contributed by atoms with Crippen molar-refractivity contribution in [3.8, 4) is 0 Å². The molecule has 2 aromatic rings.